The zero-order valence-electron chi connectivity index (χ0n) is 14.7. The molecular formula is C20H28N2O2. The molecule has 0 bridgehead atoms. The van der Waals surface area contributed by atoms with Crippen molar-refractivity contribution in [3.8, 4) is 0 Å². The van der Waals surface area contributed by atoms with Crippen LogP contribution in [0.5, 0.6) is 0 Å². The van der Waals surface area contributed by atoms with Crippen molar-refractivity contribution in [2.24, 2.45) is 17.8 Å². The van der Waals surface area contributed by atoms with Gasteiger partial charge in [-0.1, -0.05) is 57.0 Å². The molecule has 2 fully saturated rings. The van der Waals surface area contributed by atoms with Crippen LogP contribution in [0.15, 0.2) is 30.3 Å². The lowest BCUT2D eigenvalue weighted by atomic mass is 9.77. The van der Waals surface area contributed by atoms with E-state index in [2.05, 4.69) is 19.2 Å². The van der Waals surface area contributed by atoms with Crippen molar-refractivity contribution in [2.75, 3.05) is 6.54 Å². The number of nitrogens with one attached hydrogen (secondary N) is 1. The first-order chi connectivity index (χ1) is 11.6. The second-order valence-corrected chi connectivity index (χ2v) is 7.49. The Morgan fingerprint density at radius 2 is 1.96 bits per heavy atom. The van der Waals surface area contributed by atoms with Gasteiger partial charge < -0.3 is 10.2 Å². The molecule has 1 heterocycles. The third-order valence-corrected chi connectivity index (χ3v) is 5.90. The van der Waals surface area contributed by atoms with Crippen LogP contribution in [-0.2, 0) is 16.1 Å². The number of carbonyl (C=O) groups is 2. The Labute approximate surface area is 144 Å². The average Bonchev–Trinajstić information content (AvgIpc) is 2.98. The monoisotopic (exact) mass is 328 g/mol. The summed E-state index contributed by atoms with van der Waals surface area (Å²) in [5, 5.41) is 2.99. The van der Waals surface area contributed by atoms with E-state index in [1.807, 2.05) is 35.2 Å². The number of rotatable bonds is 4. The van der Waals surface area contributed by atoms with Crippen molar-refractivity contribution >= 4 is 11.8 Å². The molecule has 2 aliphatic rings. The van der Waals surface area contributed by atoms with Crippen molar-refractivity contribution in [1.29, 1.82) is 0 Å². The fraction of sp³-hybridized carbons (Fsp3) is 0.600. The molecular weight excluding hydrogens is 300 g/mol. The maximum absolute atomic E-state index is 12.5. The van der Waals surface area contributed by atoms with Gasteiger partial charge in [-0.15, -0.1) is 0 Å². The molecule has 3 rings (SSSR count). The highest BCUT2D eigenvalue weighted by Gasteiger charge is 2.41. The Hall–Kier alpha value is -1.84. The average molecular weight is 328 g/mol. The molecule has 4 heteroatoms. The quantitative estimate of drug-likeness (QED) is 0.924. The number of amides is 2. The minimum absolute atomic E-state index is 0.00575. The molecule has 24 heavy (non-hydrogen) atoms. The van der Waals surface area contributed by atoms with E-state index in [-0.39, 0.29) is 17.7 Å². The van der Waals surface area contributed by atoms with Crippen LogP contribution >= 0.6 is 0 Å². The largest absolute Gasteiger partial charge is 0.352 e. The van der Waals surface area contributed by atoms with E-state index in [0.717, 1.165) is 12.0 Å². The van der Waals surface area contributed by atoms with Gasteiger partial charge in [0, 0.05) is 25.6 Å². The molecule has 0 aromatic heterocycles. The minimum Gasteiger partial charge on any atom is -0.352 e. The van der Waals surface area contributed by atoms with Crippen molar-refractivity contribution < 1.29 is 9.59 Å². The molecule has 1 aromatic carbocycles. The summed E-state index contributed by atoms with van der Waals surface area (Å²) in [5.41, 5.74) is 1.08. The Bertz CT molecular complexity index is 587. The number of benzene rings is 1. The van der Waals surface area contributed by atoms with Crippen LogP contribution in [0.1, 0.15) is 45.1 Å². The second kappa shape index (κ2) is 7.37. The number of hydrogen-bond donors (Lipinski definition) is 1. The normalized spacial score (nSPS) is 30.4. The zero-order valence-corrected chi connectivity index (χ0v) is 14.7. The molecule has 1 aliphatic carbocycles. The van der Waals surface area contributed by atoms with Gasteiger partial charge in [-0.3, -0.25) is 9.59 Å². The summed E-state index contributed by atoms with van der Waals surface area (Å²) in [6.07, 6.45) is 3.87. The third-order valence-electron chi connectivity index (χ3n) is 5.90. The lowest BCUT2D eigenvalue weighted by Gasteiger charge is -2.40. The fourth-order valence-corrected chi connectivity index (χ4v) is 4.15. The first kappa shape index (κ1) is 17.0. The molecule has 1 saturated heterocycles. The number of nitrogens with zero attached hydrogens (tertiary/aromatic N) is 1. The lowest BCUT2D eigenvalue weighted by Crippen LogP contribution is -2.45. The van der Waals surface area contributed by atoms with E-state index in [9.17, 15) is 9.59 Å². The van der Waals surface area contributed by atoms with Crippen LogP contribution in [-0.4, -0.2) is 29.3 Å². The van der Waals surface area contributed by atoms with Crippen LogP contribution in [0, 0.1) is 17.8 Å². The molecule has 0 radical (unpaired) electrons. The van der Waals surface area contributed by atoms with E-state index in [1.54, 1.807) is 0 Å². The highest BCUT2D eigenvalue weighted by Crippen LogP contribution is 2.35. The summed E-state index contributed by atoms with van der Waals surface area (Å²) in [5.74, 6) is 1.13. The van der Waals surface area contributed by atoms with Crippen molar-refractivity contribution in [3.05, 3.63) is 35.9 Å². The zero-order chi connectivity index (χ0) is 17.1. The Morgan fingerprint density at radius 1 is 1.21 bits per heavy atom. The third kappa shape index (κ3) is 3.63. The molecule has 4 atom stereocenters. The number of carbonyl (C=O) groups excluding carboxylic acids is 2. The summed E-state index contributed by atoms with van der Waals surface area (Å²) >= 11 is 0. The Balaban J connectivity index is 1.57. The van der Waals surface area contributed by atoms with Crippen LogP contribution < -0.4 is 5.32 Å². The van der Waals surface area contributed by atoms with Gasteiger partial charge >= 0.3 is 0 Å². The molecule has 2 amide bonds. The van der Waals surface area contributed by atoms with E-state index in [1.165, 1.54) is 12.8 Å². The first-order valence-electron chi connectivity index (χ1n) is 9.17. The minimum atomic E-state index is -0.203. The predicted octanol–water partition coefficient (Wildman–Crippen LogP) is 2.98. The van der Waals surface area contributed by atoms with E-state index in [4.69, 9.17) is 0 Å². The lowest BCUT2D eigenvalue weighted by molar-refractivity contribution is -0.132. The molecule has 130 valence electrons. The predicted molar refractivity (Wildman–Crippen MR) is 94.1 cm³/mol. The van der Waals surface area contributed by atoms with Crippen LogP contribution in [0.2, 0.25) is 0 Å². The molecule has 4 nitrogen and oxygen atoms in total. The molecule has 1 N–H and O–H groups in total. The molecule has 0 spiro atoms. The van der Waals surface area contributed by atoms with Gasteiger partial charge in [0.1, 0.15) is 0 Å². The van der Waals surface area contributed by atoms with Gasteiger partial charge in [0.25, 0.3) is 0 Å². The SMILES string of the molecule is C[C@@H]1[C@H](C)CCC[C@H]1N1C[C@H](C(=O)NCc2ccccc2)CC1=O. The van der Waals surface area contributed by atoms with Gasteiger partial charge in [0.2, 0.25) is 11.8 Å². The fourth-order valence-electron chi connectivity index (χ4n) is 4.15. The summed E-state index contributed by atoms with van der Waals surface area (Å²) in [6, 6.07) is 10.2. The topological polar surface area (TPSA) is 49.4 Å². The maximum atomic E-state index is 12.5. The molecule has 1 saturated carbocycles. The van der Waals surface area contributed by atoms with Gasteiger partial charge in [-0.25, -0.2) is 0 Å². The van der Waals surface area contributed by atoms with Crippen molar-refractivity contribution in [1.82, 2.24) is 10.2 Å². The van der Waals surface area contributed by atoms with Gasteiger partial charge in [-0.2, -0.15) is 0 Å². The highest BCUT2D eigenvalue weighted by atomic mass is 16.2. The van der Waals surface area contributed by atoms with Crippen LogP contribution in [0.3, 0.4) is 0 Å². The van der Waals surface area contributed by atoms with Crippen LogP contribution in [0.4, 0.5) is 0 Å². The number of likely N-dealkylation sites (tertiary alicyclic amines) is 1. The van der Waals surface area contributed by atoms with Crippen LogP contribution in [0.25, 0.3) is 0 Å². The summed E-state index contributed by atoms with van der Waals surface area (Å²) < 4.78 is 0. The Kier molecular flexibility index (Phi) is 5.22. The molecule has 0 unspecified atom stereocenters. The van der Waals surface area contributed by atoms with E-state index >= 15 is 0 Å². The maximum Gasteiger partial charge on any atom is 0.225 e. The first-order valence-corrected chi connectivity index (χ1v) is 9.17. The van der Waals surface area contributed by atoms with Gasteiger partial charge in [0.05, 0.1) is 5.92 Å². The second-order valence-electron chi connectivity index (χ2n) is 7.49. The standard InChI is InChI=1S/C20H28N2O2/c1-14-7-6-10-18(15(14)2)22-13-17(11-19(22)23)20(24)21-12-16-8-4-3-5-9-16/h3-5,8-9,14-15,17-18H,6-7,10-13H2,1-2H3,(H,21,24)/t14-,15-,17-,18-/m1/s1. The van der Waals surface area contributed by atoms with E-state index < -0.39 is 0 Å². The summed E-state index contributed by atoms with van der Waals surface area (Å²) in [6.45, 7) is 5.65. The van der Waals surface area contributed by atoms with Gasteiger partial charge in [-0.05, 0) is 23.8 Å². The van der Waals surface area contributed by atoms with E-state index in [0.29, 0.717) is 37.4 Å². The Morgan fingerprint density at radius 3 is 2.71 bits per heavy atom. The highest BCUT2D eigenvalue weighted by molar-refractivity contribution is 5.89. The molecule has 1 aromatic rings. The van der Waals surface area contributed by atoms with Crippen molar-refractivity contribution in [3.63, 3.8) is 0 Å². The smallest absolute Gasteiger partial charge is 0.225 e. The molecule has 1 aliphatic heterocycles. The van der Waals surface area contributed by atoms with Gasteiger partial charge in [0.15, 0.2) is 0 Å². The van der Waals surface area contributed by atoms with Crippen molar-refractivity contribution in [2.45, 2.75) is 52.1 Å². The number of hydrogen-bond acceptors (Lipinski definition) is 2. The summed E-state index contributed by atoms with van der Waals surface area (Å²) in [7, 11) is 0. The summed E-state index contributed by atoms with van der Waals surface area (Å²) in [4.78, 5) is 26.9.